The zero-order valence-corrected chi connectivity index (χ0v) is 11.1. The Morgan fingerprint density at radius 3 is 3.00 bits per heavy atom. The summed E-state index contributed by atoms with van der Waals surface area (Å²) < 4.78 is 0. The Kier molecular flexibility index (Phi) is 4.18. The van der Waals surface area contributed by atoms with Crippen molar-refractivity contribution < 1.29 is 4.79 Å². The smallest absolute Gasteiger partial charge is 0.257 e. The summed E-state index contributed by atoms with van der Waals surface area (Å²) in [6.07, 6.45) is 6.92. The van der Waals surface area contributed by atoms with Gasteiger partial charge in [0.1, 0.15) is 0 Å². The molecule has 0 saturated heterocycles. The molecule has 1 amide bonds. The molecule has 1 fully saturated rings. The lowest BCUT2D eigenvalue weighted by atomic mass is 10.2. The summed E-state index contributed by atoms with van der Waals surface area (Å²) in [6.45, 7) is 3.84. The minimum Gasteiger partial charge on any atom is -0.384 e. The van der Waals surface area contributed by atoms with Crippen molar-refractivity contribution in [2.45, 2.75) is 26.2 Å². The van der Waals surface area contributed by atoms with E-state index in [4.69, 9.17) is 0 Å². The van der Waals surface area contributed by atoms with Crippen LogP contribution in [0.4, 0.5) is 5.69 Å². The van der Waals surface area contributed by atoms with Crippen molar-refractivity contribution in [3.63, 3.8) is 0 Å². The maximum absolute atomic E-state index is 12.3. The Bertz CT molecular complexity index is 415. The number of carbonyl (C=O) groups excluding carboxylic acids is 1. The summed E-state index contributed by atoms with van der Waals surface area (Å²) >= 11 is 0. The van der Waals surface area contributed by atoms with Crippen molar-refractivity contribution in [2.24, 2.45) is 5.92 Å². The van der Waals surface area contributed by atoms with Crippen LogP contribution in [0.15, 0.2) is 18.5 Å². The second-order valence-corrected chi connectivity index (χ2v) is 4.98. The molecule has 0 unspecified atom stereocenters. The molecule has 1 saturated carbocycles. The molecule has 1 aliphatic rings. The summed E-state index contributed by atoms with van der Waals surface area (Å²) in [4.78, 5) is 18.2. The standard InChI is InChI=1S/C14H21N3O/c1-3-7-16-13-6-8-15-9-12(13)14(18)17(2)10-11-4-5-11/h6,8-9,11H,3-5,7,10H2,1-2H3,(H,15,16). The van der Waals surface area contributed by atoms with Crippen LogP contribution in [0.3, 0.4) is 0 Å². The fourth-order valence-electron chi connectivity index (χ4n) is 1.95. The van der Waals surface area contributed by atoms with Gasteiger partial charge in [0.15, 0.2) is 0 Å². The topological polar surface area (TPSA) is 45.2 Å². The van der Waals surface area contributed by atoms with Crippen LogP contribution in [0.5, 0.6) is 0 Å². The first kappa shape index (κ1) is 12.9. The molecule has 0 atom stereocenters. The number of anilines is 1. The third-order valence-corrected chi connectivity index (χ3v) is 3.19. The number of aromatic nitrogens is 1. The zero-order valence-electron chi connectivity index (χ0n) is 11.1. The van der Waals surface area contributed by atoms with E-state index in [1.807, 2.05) is 18.0 Å². The van der Waals surface area contributed by atoms with Gasteiger partial charge in [0, 0.05) is 32.5 Å². The molecule has 4 nitrogen and oxygen atoms in total. The average molecular weight is 247 g/mol. The summed E-state index contributed by atoms with van der Waals surface area (Å²) in [5.41, 5.74) is 1.56. The van der Waals surface area contributed by atoms with Gasteiger partial charge in [0.25, 0.3) is 5.91 Å². The highest BCUT2D eigenvalue weighted by molar-refractivity contribution is 5.99. The van der Waals surface area contributed by atoms with Gasteiger partial charge in [0.2, 0.25) is 0 Å². The van der Waals surface area contributed by atoms with E-state index in [1.54, 1.807) is 12.4 Å². The molecule has 1 aromatic rings. The second-order valence-electron chi connectivity index (χ2n) is 4.98. The lowest BCUT2D eigenvalue weighted by Gasteiger charge is -2.18. The summed E-state index contributed by atoms with van der Waals surface area (Å²) in [7, 11) is 1.87. The number of nitrogens with one attached hydrogen (secondary N) is 1. The van der Waals surface area contributed by atoms with Gasteiger partial charge in [-0.15, -0.1) is 0 Å². The Hall–Kier alpha value is -1.58. The van der Waals surface area contributed by atoms with Gasteiger partial charge in [-0.3, -0.25) is 9.78 Å². The van der Waals surface area contributed by atoms with Gasteiger partial charge < -0.3 is 10.2 Å². The van der Waals surface area contributed by atoms with Crippen LogP contribution in [-0.4, -0.2) is 35.9 Å². The van der Waals surface area contributed by atoms with Crippen molar-refractivity contribution in [1.82, 2.24) is 9.88 Å². The fourth-order valence-corrected chi connectivity index (χ4v) is 1.95. The Morgan fingerprint density at radius 1 is 1.56 bits per heavy atom. The molecular formula is C14H21N3O. The van der Waals surface area contributed by atoms with Crippen molar-refractivity contribution in [3.05, 3.63) is 24.0 Å². The Labute approximate surface area is 108 Å². The monoisotopic (exact) mass is 247 g/mol. The molecule has 0 bridgehead atoms. The maximum Gasteiger partial charge on any atom is 0.257 e. The Balaban J connectivity index is 2.07. The number of hydrogen-bond acceptors (Lipinski definition) is 3. The van der Waals surface area contributed by atoms with Crippen LogP contribution in [0.1, 0.15) is 36.5 Å². The van der Waals surface area contributed by atoms with E-state index in [-0.39, 0.29) is 5.91 Å². The number of pyridine rings is 1. The largest absolute Gasteiger partial charge is 0.384 e. The molecule has 98 valence electrons. The van der Waals surface area contributed by atoms with E-state index >= 15 is 0 Å². The van der Waals surface area contributed by atoms with E-state index < -0.39 is 0 Å². The molecule has 0 aliphatic heterocycles. The quantitative estimate of drug-likeness (QED) is 0.839. The first-order valence-electron chi connectivity index (χ1n) is 6.65. The number of rotatable bonds is 6. The zero-order chi connectivity index (χ0) is 13.0. The van der Waals surface area contributed by atoms with E-state index in [0.29, 0.717) is 11.5 Å². The minimum absolute atomic E-state index is 0.0635. The normalized spacial score (nSPS) is 14.3. The number of nitrogens with zero attached hydrogens (tertiary/aromatic N) is 2. The van der Waals surface area contributed by atoms with Gasteiger partial charge >= 0.3 is 0 Å². The second kappa shape index (κ2) is 5.85. The van der Waals surface area contributed by atoms with E-state index in [0.717, 1.165) is 25.2 Å². The van der Waals surface area contributed by atoms with Crippen molar-refractivity contribution in [3.8, 4) is 0 Å². The van der Waals surface area contributed by atoms with Crippen LogP contribution >= 0.6 is 0 Å². The average Bonchev–Trinajstić information content (AvgIpc) is 3.19. The van der Waals surface area contributed by atoms with Gasteiger partial charge in [-0.2, -0.15) is 0 Å². The van der Waals surface area contributed by atoms with Gasteiger partial charge in [-0.1, -0.05) is 6.92 Å². The summed E-state index contributed by atoms with van der Waals surface area (Å²) in [5, 5.41) is 3.28. The van der Waals surface area contributed by atoms with Crippen LogP contribution in [0.25, 0.3) is 0 Å². The molecule has 0 radical (unpaired) electrons. The van der Waals surface area contributed by atoms with Gasteiger partial charge in [0.05, 0.1) is 11.3 Å². The van der Waals surface area contributed by atoms with Crippen molar-refractivity contribution in [2.75, 3.05) is 25.5 Å². The SMILES string of the molecule is CCCNc1ccncc1C(=O)N(C)CC1CC1. The van der Waals surface area contributed by atoms with Crippen LogP contribution in [0.2, 0.25) is 0 Å². The molecule has 1 aromatic heterocycles. The highest BCUT2D eigenvalue weighted by Gasteiger charge is 2.26. The lowest BCUT2D eigenvalue weighted by molar-refractivity contribution is 0.0789. The lowest BCUT2D eigenvalue weighted by Crippen LogP contribution is -2.29. The number of carbonyl (C=O) groups is 1. The third-order valence-electron chi connectivity index (χ3n) is 3.19. The molecule has 4 heteroatoms. The van der Waals surface area contributed by atoms with Crippen molar-refractivity contribution in [1.29, 1.82) is 0 Å². The predicted molar refractivity (Wildman–Crippen MR) is 72.7 cm³/mol. The van der Waals surface area contributed by atoms with Crippen LogP contribution in [-0.2, 0) is 0 Å². The van der Waals surface area contributed by atoms with E-state index in [9.17, 15) is 4.79 Å². The third kappa shape index (κ3) is 3.22. The highest BCUT2D eigenvalue weighted by Crippen LogP contribution is 2.30. The molecule has 0 aromatic carbocycles. The number of hydrogen-bond donors (Lipinski definition) is 1. The highest BCUT2D eigenvalue weighted by atomic mass is 16.2. The molecular weight excluding hydrogens is 226 g/mol. The van der Waals surface area contributed by atoms with Crippen LogP contribution < -0.4 is 5.32 Å². The molecule has 18 heavy (non-hydrogen) atoms. The molecule has 1 N–H and O–H groups in total. The summed E-state index contributed by atoms with van der Waals surface area (Å²) in [6, 6.07) is 1.87. The molecule has 1 aliphatic carbocycles. The van der Waals surface area contributed by atoms with Gasteiger partial charge in [-0.05, 0) is 31.2 Å². The predicted octanol–water partition coefficient (Wildman–Crippen LogP) is 2.39. The van der Waals surface area contributed by atoms with Crippen molar-refractivity contribution >= 4 is 11.6 Å². The summed E-state index contributed by atoms with van der Waals surface area (Å²) in [5.74, 6) is 0.774. The first-order valence-corrected chi connectivity index (χ1v) is 6.65. The first-order chi connectivity index (χ1) is 8.72. The Morgan fingerprint density at radius 2 is 2.33 bits per heavy atom. The minimum atomic E-state index is 0.0635. The maximum atomic E-state index is 12.3. The molecule has 0 spiro atoms. The van der Waals surface area contributed by atoms with E-state index in [2.05, 4.69) is 17.2 Å². The number of amides is 1. The molecule has 2 rings (SSSR count). The van der Waals surface area contributed by atoms with Gasteiger partial charge in [-0.25, -0.2) is 0 Å². The molecule has 1 heterocycles. The van der Waals surface area contributed by atoms with Crippen LogP contribution in [0, 0.1) is 5.92 Å². The van der Waals surface area contributed by atoms with E-state index in [1.165, 1.54) is 12.8 Å². The fraction of sp³-hybridized carbons (Fsp3) is 0.571.